The van der Waals surface area contributed by atoms with Crippen LogP contribution in [0.5, 0.6) is 0 Å². The van der Waals surface area contributed by atoms with Gasteiger partial charge in [0.2, 0.25) is 0 Å². The van der Waals surface area contributed by atoms with Gasteiger partial charge in [0.15, 0.2) is 0 Å². The Morgan fingerprint density at radius 3 is 2.49 bits per heavy atom. The third-order valence-corrected chi connectivity index (χ3v) is 7.12. The Hall–Kier alpha value is -3.33. The lowest BCUT2D eigenvalue weighted by Gasteiger charge is -2.23. The lowest BCUT2D eigenvalue weighted by Crippen LogP contribution is -2.31. The molecule has 0 aliphatic carbocycles. The van der Waals surface area contributed by atoms with Crippen LogP contribution in [0.3, 0.4) is 0 Å². The molecule has 0 bridgehead atoms. The molecule has 0 amide bonds. The second-order valence-corrected chi connectivity index (χ2v) is 11.2. The maximum atomic E-state index is 14.0. The highest BCUT2D eigenvalue weighted by molar-refractivity contribution is 9.10. The van der Waals surface area contributed by atoms with Crippen molar-refractivity contribution in [3.63, 3.8) is 0 Å². The van der Waals surface area contributed by atoms with Crippen LogP contribution < -0.4 is 22.3 Å². The van der Waals surface area contributed by atoms with E-state index in [1.165, 1.54) is 24.5 Å². The molecule has 0 radical (unpaired) electrons. The minimum Gasteiger partial charge on any atom is -0.382 e. The molecule has 216 valence electrons. The van der Waals surface area contributed by atoms with Gasteiger partial charge in [-0.25, -0.2) is 26.8 Å². The van der Waals surface area contributed by atoms with Crippen molar-refractivity contribution in [2.75, 3.05) is 18.1 Å². The number of alkyl halides is 2. The van der Waals surface area contributed by atoms with Crippen molar-refractivity contribution >= 4 is 60.9 Å². The Balaban J connectivity index is 2.05. The second-order valence-electron chi connectivity index (χ2n) is 8.85. The Morgan fingerprint density at radius 2 is 1.85 bits per heavy atom. The number of hydrogen-bond donors (Lipinski definition) is 3. The van der Waals surface area contributed by atoms with E-state index in [9.17, 15) is 26.6 Å². The number of anilines is 1. The molecule has 1 aromatic heterocycles. The van der Waals surface area contributed by atoms with Crippen LogP contribution in [-0.4, -0.2) is 38.8 Å². The molecule has 0 saturated heterocycles. The first-order valence-corrected chi connectivity index (χ1v) is 14.5. The Labute approximate surface area is 247 Å². The average Bonchev–Trinajstić information content (AvgIpc) is 2.86. The van der Waals surface area contributed by atoms with Crippen molar-refractivity contribution in [1.29, 1.82) is 0 Å². The number of benzene rings is 3. The molecule has 2 atom stereocenters. The Bertz CT molecular complexity index is 1730. The summed E-state index contributed by atoms with van der Waals surface area (Å²) >= 11 is 9.72. The third-order valence-electron chi connectivity index (χ3n) is 5.86. The molecule has 3 aromatic carbocycles. The molecule has 8 nitrogen and oxygen atoms in total. The summed E-state index contributed by atoms with van der Waals surface area (Å²) in [5.41, 5.74) is 12.2. The lowest BCUT2D eigenvalue weighted by molar-refractivity contribution is 0.163. The molecule has 0 spiro atoms. The predicted molar refractivity (Wildman–Crippen MR) is 156 cm³/mol. The van der Waals surface area contributed by atoms with Crippen LogP contribution in [0.2, 0.25) is 5.02 Å². The number of fused-ring (bicyclic) bond motifs is 1. The molecule has 5 N–H and O–H groups in total. The molecule has 1 heterocycles. The van der Waals surface area contributed by atoms with E-state index < -0.39 is 47.2 Å². The molecule has 0 saturated carbocycles. The SMILES string of the molecule is CS(=O)/N=C(\N)c1c(Cl)ccc(-n2c(C(N)Cc3cc(F)cc(F)c3)nc3cc(Br)ccc3c2=O)c1NCC(F)F. The van der Waals surface area contributed by atoms with E-state index in [4.69, 9.17) is 23.1 Å². The number of nitrogens with two attached hydrogens (primary N) is 2. The number of nitrogens with zero attached hydrogens (tertiary/aromatic N) is 3. The van der Waals surface area contributed by atoms with Crippen molar-refractivity contribution in [2.45, 2.75) is 18.9 Å². The lowest BCUT2D eigenvalue weighted by atomic mass is 10.0. The van der Waals surface area contributed by atoms with E-state index in [1.54, 1.807) is 12.1 Å². The smallest absolute Gasteiger partial charge is 0.266 e. The number of aromatic nitrogens is 2. The van der Waals surface area contributed by atoms with Gasteiger partial charge in [0.1, 0.15) is 34.3 Å². The molecular formula is C26H22BrClF4N6O2S. The van der Waals surface area contributed by atoms with Crippen molar-refractivity contribution < 1.29 is 21.8 Å². The van der Waals surface area contributed by atoms with Crippen molar-refractivity contribution in [3.8, 4) is 5.69 Å². The standard InChI is InChI=1S/C26H22BrClF4N6O2S/c1-41(40)37-24(34)22-17(28)4-5-20(23(22)35-11-21(31)32)38-25(18(33)8-12-6-14(29)10-15(30)7-12)36-19-9-13(27)2-3-16(19)26(38)39/h2-7,9-10,18,21,35H,8,11,33H2,1H3,(H2,34,37). The fourth-order valence-corrected chi connectivity index (χ4v) is 5.25. The van der Waals surface area contributed by atoms with E-state index >= 15 is 0 Å². The number of halogens is 6. The predicted octanol–water partition coefficient (Wildman–Crippen LogP) is 5.00. The summed E-state index contributed by atoms with van der Waals surface area (Å²) in [6.07, 6.45) is -1.71. The van der Waals surface area contributed by atoms with Gasteiger partial charge in [-0.2, -0.15) is 4.40 Å². The highest BCUT2D eigenvalue weighted by atomic mass is 79.9. The molecule has 15 heteroatoms. The zero-order valence-corrected chi connectivity index (χ0v) is 24.3. The Kier molecular flexibility index (Phi) is 9.47. The summed E-state index contributed by atoms with van der Waals surface area (Å²) in [5.74, 6) is -2.01. The van der Waals surface area contributed by atoms with Crippen LogP contribution in [0.4, 0.5) is 23.2 Å². The van der Waals surface area contributed by atoms with Crippen LogP contribution in [0.1, 0.15) is 23.0 Å². The molecule has 4 rings (SSSR count). The largest absolute Gasteiger partial charge is 0.382 e. The fourth-order valence-electron chi connectivity index (χ4n) is 4.28. The summed E-state index contributed by atoms with van der Waals surface area (Å²) in [5, 5.41) is 2.70. The van der Waals surface area contributed by atoms with Crippen molar-refractivity contribution in [3.05, 3.63) is 97.0 Å². The molecule has 0 aliphatic rings. The molecule has 2 unspecified atom stereocenters. The van der Waals surface area contributed by atoms with E-state index in [0.717, 1.165) is 16.7 Å². The molecule has 0 aliphatic heterocycles. The molecule has 41 heavy (non-hydrogen) atoms. The van der Waals surface area contributed by atoms with Gasteiger partial charge >= 0.3 is 0 Å². The van der Waals surface area contributed by atoms with E-state index in [1.807, 2.05) is 0 Å². The fraction of sp³-hybridized carbons (Fsp3) is 0.192. The number of hydrogen-bond acceptors (Lipinski definition) is 5. The summed E-state index contributed by atoms with van der Waals surface area (Å²) in [6.45, 7) is -0.866. The minimum absolute atomic E-state index is 0.0109. The number of amidine groups is 1. The van der Waals surface area contributed by atoms with Gasteiger partial charge in [-0.05, 0) is 54.4 Å². The van der Waals surface area contributed by atoms with Gasteiger partial charge in [-0.1, -0.05) is 27.5 Å². The maximum Gasteiger partial charge on any atom is 0.266 e. The summed E-state index contributed by atoms with van der Waals surface area (Å²) < 4.78 is 71.8. The van der Waals surface area contributed by atoms with E-state index in [0.29, 0.717) is 10.5 Å². The second kappa shape index (κ2) is 12.7. The first-order chi connectivity index (χ1) is 19.3. The van der Waals surface area contributed by atoms with Gasteiger partial charge in [-0.3, -0.25) is 9.36 Å². The summed E-state index contributed by atoms with van der Waals surface area (Å²) in [6, 6.07) is 9.26. The third kappa shape index (κ3) is 6.94. The van der Waals surface area contributed by atoms with E-state index in [-0.39, 0.29) is 56.5 Å². The highest BCUT2D eigenvalue weighted by Crippen LogP contribution is 2.33. The Morgan fingerprint density at radius 1 is 1.17 bits per heavy atom. The molecule has 4 aromatic rings. The first-order valence-electron chi connectivity index (χ1n) is 11.8. The molecular weight excluding hydrogens is 652 g/mol. The maximum absolute atomic E-state index is 14.0. The molecule has 0 fully saturated rings. The first kappa shape index (κ1) is 30.6. The number of nitrogens with one attached hydrogen (secondary N) is 1. The van der Waals surface area contributed by atoms with Gasteiger partial charge < -0.3 is 16.8 Å². The summed E-state index contributed by atoms with van der Waals surface area (Å²) in [7, 11) is -1.78. The quantitative estimate of drug-likeness (QED) is 0.130. The minimum atomic E-state index is -2.82. The highest BCUT2D eigenvalue weighted by Gasteiger charge is 2.25. The zero-order chi connectivity index (χ0) is 30.0. The van der Waals surface area contributed by atoms with Crippen LogP contribution in [0.25, 0.3) is 16.6 Å². The van der Waals surface area contributed by atoms with Crippen LogP contribution in [0.15, 0.2) is 62.2 Å². The van der Waals surface area contributed by atoms with E-state index in [2.05, 4.69) is 30.6 Å². The summed E-state index contributed by atoms with van der Waals surface area (Å²) in [4.78, 5) is 18.6. The van der Waals surface area contributed by atoms with Gasteiger partial charge in [0, 0.05) is 16.8 Å². The van der Waals surface area contributed by atoms with Crippen molar-refractivity contribution in [1.82, 2.24) is 9.55 Å². The average molecular weight is 674 g/mol. The van der Waals surface area contributed by atoms with Crippen LogP contribution >= 0.6 is 27.5 Å². The van der Waals surface area contributed by atoms with Gasteiger partial charge in [-0.15, -0.1) is 0 Å². The van der Waals surface area contributed by atoms with Crippen LogP contribution in [0, 0.1) is 11.6 Å². The normalized spacial score (nSPS) is 13.5. The topological polar surface area (TPSA) is 128 Å². The monoisotopic (exact) mass is 672 g/mol. The number of rotatable bonds is 9. The zero-order valence-electron chi connectivity index (χ0n) is 21.2. The van der Waals surface area contributed by atoms with Crippen molar-refractivity contribution in [2.24, 2.45) is 15.9 Å². The van der Waals surface area contributed by atoms with Crippen LogP contribution in [-0.2, 0) is 17.4 Å². The van der Waals surface area contributed by atoms with Gasteiger partial charge in [0.25, 0.3) is 12.0 Å². The van der Waals surface area contributed by atoms with Gasteiger partial charge in [0.05, 0.1) is 45.5 Å².